The van der Waals surface area contributed by atoms with Crippen LogP contribution in [0.2, 0.25) is 0 Å². The molecule has 0 saturated heterocycles. The second-order valence-electron chi connectivity index (χ2n) is 3.24. The van der Waals surface area contributed by atoms with Crippen LogP contribution in [0.3, 0.4) is 0 Å². The second kappa shape index (κ2) is 3.25. The van der Waals surface area contributed by atoms with Crippen LogP contribution in [0.1, 0.15) is 19.8 Å². The molecule has 1 saturated carbocycles. The van der Waals surface area contributed by atoms with Gasteiger partial charge in [0.15, 0.2) is 0 Å². The van der Waals surface area contributed by atoms with Gasteiger partial charge in [-0.1, -0.05) is 12.2 Å². The molecule has 0 radical (unpaired) electrons. The average molecular weight is 172 g/mol. The van der Waals surface area contributed by atoms with E-state index in [1.54, 1.807) is 6.92 Å². The lowest BCUT2D eigenvalue weighted by atomic mass is 9.67. The van der Waals surface area contributed by atoms with E-state index >= 15 is 0 Å². The van der Waals surface area contributed by atoms with E-state index in [0.717, 1.165) is 5.57 Å². The number of rotatable bonds is 3. The van der Waals surface area contributed by atoms with E-state index in [1.807, 2.05) is 0 Å². The molecule has 0 atom stereocenters. The first-order chi connectivity index (χ1) is 5.64. The zero-order valence-electron chi connectivity index (χ0n) is 7.23. The van der Waals surface area contributed by atoms with E-state index in [0.29, 0.717) is 19.4 Å². The van der Waals surface area contributed by atoms with Gasteiger partial charge in [0.25, 0.3) is 0 Å². The number of allylic oxidation sites excluding steroid dienone is 1. The first-order valence-corrected chi connectivity index (χ1v) is 4.04. The molecule has 1 fully saturated rings. The molecule has 0 heterocycles. The van der Waals surface area contributed by atoms with Gasteiger partial charge in [-0.2, -0.15) is 0 Å². The fourth-order valence-electron chi connectivity index (χ4n) is 1.48. The number of hydrogen-bond acceptors (Lipinski definition) is 2. The van der Waals surface area contributed by atoms with Gasteiger partial charge in [0, 0.05) is 0 Å². The molecule has 2 nitrogen and oxygen atoms in total. The van der Waals surface area contributed by atoms with Gasteiger partial charge in [0.1, 0.15) is 12.1 Å². The summed E-state index contributed by atoms with van der Waals surface area (Å²) in [6.07, 6.45) is 0.894. The van der Waals surface area contributed by atoms with Crippen molar-refractivity contribution in [3.63, 3.8) is 0 Å². The SMILES string of the molecule is C=C1CC(CF)(C(=O)OCC)C1. The zero-order valence-corrected chi connectivity index (χ0v) is 7.23. The summed E-state index contributed by atoms with van der Waals surface area (Å²) in [5.74, 6) is -0.417. The molecule has 0 bridgehead atoms. The van der Waals surface area contributed by atoms with Crippen molar-refractivity contribution in [2.24, 2.45) is 5.41 Å². The van der Waals surface area contributed by atoms with Crippen LogP contribution in [-0.2, 0) is 9.53 Å². The Morgan fingerprint density at radius 3 is 2.67 bits per heavy atom. The van der Waals surface area contributed by atoms with Crippen LogP contribution in [0.15, 0.2) is 12.2 Å². The van der Waals surface area contributed by atoms with Crippen LogP contribution >= 0.6 is 0 Å². The highest BCUT2D eigenvalue weighted by molar-refractivity contribution is 5.79. The van der Waals surface area contributed by atoms with Crippen molar-refractivity contribution in [2.75, 3.05) is 13.3 Å². The standard InChI is InChI=1S/C9H13FO2/c1-3-12-8(11)9(6-10)4-7(2)5-9/h2-6H2,1H3. The summed E-state index contributed by atoms with van der Waals surface area (Å²) in [7, 11) is 0. The fourth-order valence-corrected chi connectivity index (χ4v) is 1.48. The Kier molecular flexibility index (Phi) is 2.50. The molecular weight excluding hydrogens is 159 g/mol. The number of ether oxygens (including phenoxy) is 1. The van der Waals surface area contributed by atoms with Crippen molar-refractivity contribution in [1.29, 1.82) is 0 Å². The lowest BCUT2D eigenvalue weighted by molar-refractivity contribution is -0.159. The minimum atomic E-state index is -0.882. The van der Waals surface area contributed by atoms with E-state index in [4.69, 9.17) is 4.74 Å². The first-order valence-electron chi connectivity index (χ1n) is 4.04. The molecule has 0 unspecified atom stereocenters. The predicted octanol–water partition coefficient (Wildman–Crippen LogP) is 1.86. The first kappa shape index (κ1) is 9.23. The number of alkyl halides is 1. The van der Waals surface area contributed by atoms with Crippen LogP contribution in [0, 0.1) is 5.41 Å². The molecule has 0 aromatic rings. The van der Waals surface area contributed by atoms with Crippen molar-refractivity contribution in [3.8, 4) is 0 Å². The summed E-state index contributed by atoms with van der Waals surface area (Å²) in [4.78, 5) is 11.2. The summed E-state index contributed by atoms with van der Waals surface area (Å²) in [6.45, 7) is 5.07. The van der Waals surface area contributed by atoms with Crippen molar-refractivity contribution < 1.29 is 13.9 Å². The van der Waals surface area contributed by atoms with Gasteiger partial charge in [0.05, 0.1) is 6.61 Å². The van der Waals surface area contributed by atoms with E-state index in [1.165, 1.54) is 0 Å². The van der Waals surface area contributed by atoms with Gasteiger partial charge in [-0.3, -0.25) is 4.79 Å². The number of carbonyl (C=O) groups is 1. The van der Waals surface area contributed by atoms with E-state index < -0.39 is 18.1 Å². The molecule has 0 aromatic carbocycles. The van der Waals surface area contributed by atoms with E-state index in [-0.39, 0.29) is 0 Å². The molecule has 68 valence electrons. The molecule has 3 heteroatoms. The Morgan fingerprint density at radius 2 is 2.33 bits per heavy atom. The molecule has 0 amide bonds. The van der Waals surface area contributed by atoms with Crippen LogP contribution in [0.4, 0.5) is 4.39 Å². The predicted molar refractivity (Wildman–Crippen MR) is 43.4 cm³/mol. The van der Waals surface area contributed by atoms with Crippen LogP contribution in [0.25, 0.3) is 0 Å². The maximum atomic E-state index is 12.5. The molecule has 0 aliphatic heterocycles. The largest absolute Gasteiger partial charge is 0.465 e. The summed E-state index contributed by atoms with van der Waals surface area (Å²) in [6, 6.07) is 0. The summed E-state index contributed by atoms with van der Waals surface area (Å²) < 4.78 is 17.3. The maximum absolute atomic E-state index is 12.5. The van der Waals surface area contributed by atoms with Crippen LogP contribution in [-0.4, -0.2) is 19.3 Å². The molecule has 1 rings (SSSR count). The van der Waals surface area contributed by atoms with Crippen LogP contribution in [0.5, 0.6) is 0 Å². The van der Waals surface area contributed by atoms with Gasteiger partial charge in [0.2, 0.25) is 0 Å². The molecule has 0 spiro atoms. The number of carbonyl (C=O) groups excluding carboxylic acids is 1. The molecule has 1 aliphatic carbocycles. The zero-order chi connectivity index (χ0) is 9.19. The Bertz CT molecular complexity index is 203. The number of halogens is 1. The second-order valence-corrected chi connectivity index (χ2v) is 3.24. The molecule has 0 aromatic heterocycles. The summed E-state index contributed by atoms with van der Waals surface area (Å²) in [5.41, 5.74) is 0.0494. The highest BCUT2D eigenvalue weighted by Gasteiger charge is 2.48. The quantitative estimate of drug-likeness (QED) is 0.479. The normalized spacial score (nSPS) is 20.0. The smallest absolute Gasteiger partial charge is 0.315 e. The topological polar surface area (TPSA) is 26.3 Å². The number of hydrogen-bond donors (Lipinski definition) is 0. The highest BCUT2D eigenvalue weighted by atomic mass is 19.1. The lowest BCUT2D eigenvalue weighted by Gasteiger charge is -2.38. The third kappa shape index (κ3) is 1.36. The maximum Gasteiger partial charge on any atom is 0.315 e. The fraction of sp³-hybridized carbons (Fsp3) is 0.667. The lowest BCUT2D eigenvalue weighted by Crippen LogP contribution is -2.42. The van der Waals surface area contributed by atoms with Gasteiger partial charge in [-0.15, -0.1) is 0 Å². The van der Waals surface area contributed by atoms with E-state index in [2.05, 4.69) is 6.58 Å². The van der Waals surface area contributed by atoms with Crippen LogP contribution < -0.4 is 0 Å². The van der Waals surface area contributed by atoms with E-state index in [9.17, 15) is 9.18 Å². The Hall–Kier alpha value is -0.860. The Balaban J connectivity index is 2.57. The Morgan fingerprint density at radius 1 is 1.75 bits per heavy atom. The number of esters is 1. The van der Waals surface area contributed by atoms with Gasteiger partial charge >= 0.3 is 5.97 Å². The monoisotopic (exact) mass is 172 g/mol. The minimum Gasteiger partial charge on any atom is -0.465 e. The third-order valence-corrected chi connectivity index (χ3v) is 2.14. The minimum absolute atomic E-state index is 0.313. The van der Waals surface area contributed by atoms with Crippen molar-refractivity contribution in [2.45, 2.75) is 19.8 Å². The van der Waals surface area contributed by atoms with Crippen molar-refractivity contribution >= 4 is 5.97 Å². The Labute approximate surface area is 71.4 Å². The van der Waals surface area contributed by atoms with Gasteiger partial charge in [-0.05, 0) is 19.8 Å². The molecular formula is C9H13FO2. The third-order valence-electron chi connectivity index (χ3n) is 2.14. The van der Waals surface area contributed by atoms with Crippen molar-refractivity contribution in [3.05, 3.63) is 12.2 Å². The average Bonchev–Trinajstić information content (AvgIpc) is 1.98. The summed E-state index contributed by atoms with van der Waals surface area (Å²) in [5, 5.41) is 0. The van der Waals surface area contributed by atoms with Gasteiger partial charge < -0.3 is 4.74 Å². The van der Waals surface area contributed by atoms with Crippen molar-refractivity contribution in [1.82, 2.24) is 0 Å². The molecule has 0 N–H and O–H groups in total. The molecule has 12 heavy (non-hydrogen) atoms. The summed E-state index contributed by atoms with van der Waals surface area (Å²) >= 11 is 0. The van der Waals surface area contributed by atoms with Gasteiger partial charge in [-0.25, -0.2) is 4.39 Å². The highest BCUT2D eigenvalue weighted by Crippen LogP contribution is 2.45. The molecule has 1 aliphatic rings.